The van der Waals surface area contributed by atoms with Gasteiger partial charge in [-0.1, -0.05) is 13.3 Å². The third-order valence-electron chi connectivity index (χ3n) is 3.07. The molecule has 1 aromatic heterocycles. The predicted molar refractivity (Wildman–Crippen MR) is 88.6 cm³/mol. The number of nitrogens with one attached hydrogen (secondary N) is 1. The highest BCUT2D eigenvalue weighted by molar-refractivity contribution is 9.10. The Morgan fingerprint density at radius 2 is 2.06 bits per heavy atom. The Balaban J connectivity index is 0.00000144. The van der Waals surface area contributed by atoms with Crippen molar-refractivity contribution in [3.8, 4) is 0 Å². The maximum absolute atomic E-state index is 3.56. The lowest BCUT2D eigenvalue weighted by Crippen LogP contribution is -2.44. The van der Waals surface area contributed by atoms with Crippen LogP contribution in [0.2, 0.25) is 0 Å². The molecule has 1 aliphatic heterocycles. The molecule has 1 saturated heterocycles. The second-order valence-electron chi connectivity index (χ2n) is 4.26. The number of rotatable bonds is 4. The van der Waals surface area contributed by atoms with Gasteiger partial charge >= 0.3 is 0 Å². The molecule has 0 radical (unpaired) electrons. The zero-order chi connectivity index (χ0) is 11.4. The number of hydrogen-bond donors (Lipinski definition) is 1. The molecule has 0 spiro atoms. The normalized spacial score (nSPS) is 17.7. The Labute approximate surface area is 134 Å². The third-order valence-corrected chi connectivity index (χ3v) is 4.87. The molecule has 1 fully saturated rings. The van der Waals surface area contributed by atoms with E-state index < -0.39 is 0 Å². The second-order valence-corrected chi connectivity index (χ2v) is 6.12. The highest BCUT2D eigenvalue weighted by Crippen LogP contribution is 2.32. The zero-order valence-electron chi connectivity index (χ0n) is 10.5. The number of halogens is 3. The van der Waals surface area contributed by atoms with Gasteiger partial charge in [-0.25, -0.2) is 0 Å². The van der Waals surface area contributed by atoms with Crippen molar-refractivity contribution in [2.45, 2.75) is 25.8 Å². The lowest BCUT2D eigenvalue weighted by molar-refractivity contribution is 0.167. The monoisotopic (exact) mass is 374 g/mol. The first-order chi connectivity index (χ1) is 7.81. The van der Waals surface area contributed by atoms with Gasteiger partial charge in [0.05, 0.1) is 0 Å². The Kier molecular flexibility index (Phi) is 9.92. The lowest BCUT2D eigenvalue weighted by Gasteiger charge is -2.34. The Hall–Kier alpha value is 0.680. The summed E-state index contributed by atoms with van der Waals surface area (Å²) in [5, 5.41) is 5.62. The van der Waals surface area contributed by atoms with E-state index in [0.717, 1.165) is 13.1 Å². The van der Waals surface area contributed by atoms with Gasteiger partial charge < -0.3 is 5.32 Å². The van der Waals surface area contributed by atoms with Crippen molar-refractivity contribution < 1.29 is 0 Å². The first-order valence-corrected chi connectivity index (χ1v) is 7.67. The predicted octanol–water partition coefficient (Wildman–Crippen LogP) is 4.10. The van der Waals surface area contributed by atoms with Crippen LogP contribution in [0.25, 0.3) is 0 Å². The summed E-state index contributed by atoms with van der Waals surface area (Å²) in [6, 6.07) is 2.91. The van der Waals surface area contributed by atoms with Crippen molar-refractivity contribution in [2.24, 2.45) is 0 Å². The summed E-state index contributed by atoms with van der Waals surface area (Å²) in [5.74, 6) is 0. The SMILES string of the molecule is CCC[C@H](c1cc(Br)cs1)N1CCNCC1.Cl.Cl. The highest BCUT2D eigenvalue weighted by Gasteiger charge is 2.22. The molecule has 0 bridgehead atoms. The number of piperazine rings is 1. The largest absolute Gasteiger partial charge is 0.314 e. The molecule has 0 unspecified atom stereocenters. The van der Waals surface area contributed by atoms with Gasteiger partial charge in [-0.15, -0.1) is 36.2 Å². The van der Waals surface area contributed by atoms with Crippen LogP contribution in [-0.2, 0) is 0 Å². The third kappa shape index (κ3) is 4.99. The zero-order valence-corrected chi connectivity index (χ0v) is 14.6. The highest BCUT2D eigenvalue weighted by atomic mass is 79.9. The summed E-state index contributed by atoms with van der Waals surface area (Å²) in [6.07, 6.45) is 2.52. The fourth-order valence-corrected chi connectivity index (χ4v) is 3.89. The molecule has 0 aliphatic carbocycles. The molecule has 6 heteroatoms. The van der Waals surface area contributed by atoms with E-state index in [9.17, 15) is 0 Å². The molecular weight excluding hydrogens is 355 g/mol. The molecule has 2 nitrogen and oxygen atoms in total. The minimum absolute atomic E-state index is 0. The van der Waals surface area contributed by atoms with Crippen LogP contribution < -0.4 is 5.32 Å². The molecule has 2 rings (SSSR count). The summed E-state index contributed by atoms with van der Waals surface area (Å²) < 4.78 is 1.23. The van der Waals surface area contributed by atoms with Crippen LogP contribution in [0.1, 0.15) is 30.7 Å². The quantitative estimate of drug-likeness (QED) is 0.851. The van der Waals surface area contributed by atoms with E-state index in [1.165, 1.54) is 35.3 Å². The Morgan fingerprint density at radius 1 is 1.39 bits per heavy atom. The first-order valence-electron chi connectivity index (χ1n) is 6.00. The smallest absolute Gasteiger partial charge is 0.0442 e. The van der Waals surface area contributed by atoms with E-state index >= 15 is 0 Å². The van der Waals surface area contributed by atoms with Crippen molar-refractivity contribution >= 4 is 52.1 Å². The molecule has 0 saturated carbocycles. The fourth-order valence-electron chi connectivity index (χ4n) is 2.28. The lowest BCUT2D eigenvalue weighted by atomic mass is 10.1. The molecule has 1 aliphatic rings. The molecular formula is C12H21BrCl2N2S. The summed E-state index contributed by atoms with van der Waals surface area (Å²) in [5.41, 5.74) is 0. The van der Waals surface area contributed by atoms with Gasteiger partial charge in [0.25, 0.3) is 0 Å². The minimum atomic E-state index is 0. The number of hydrogen-bond acceptors (Lipinski definition) is 3. The van der Waals surface area contributed by atoms with Crippen molar-refractivity contribution in [3.05, 3.63) is 20.8 Å². The van der Waals surface area contributed by atoms with Crippen LogP contribution in [0.15, 0.2) is 15.9 Å². The standard InChI is InChI=1S/C12H19BrN2S.2ClH/c1-2-3-11(12-8-10(13)9-16-12)15-6-4-14-5-7-15;;/h8-9,11,14H,2-7H2,1H3;2*1H/t11-;;/m1../s1. The first kappa shape index (κ1) is 18.7. The van der Waals surface area contributed by atoms with Crippen molar-refractivity contribution in [1.82, 2.24) is 10.2 Å². The maximum Gasteiger partial charge on any atom is 0.0442 e. The minimum Gasteiger partial charge on any atom is -0.314 e. The maximum atomic E-state index is 3.56. The fraction of sp³-hybridized carbons (Fsp3) is 0.667. The van der Waals surface area contributed by atoms with Crippen molar-refractivity contribution in [3.63, 3.8) is 0 Å². The van der Waals surface area contributed by atoms with Gasteiger partial charge in [0.15, 0.2) is 0 Å². The van der Waals surface area contributed by atoms with E-state index in [4.69, 9.17) is 0 Å². The van der Waals surface area contributed by atoms with E-state index in [1.54, 1.807) is 0 Å². The van der Waals surface area contributed by atoms with Gasteiger partial charge in [0.2, 0.25) is 0 Å². The van der Waals surface area contributed by atoms with Gasteiger partial charge in [0.1, 0.15) is 0 Å². The van der Waals surface area contributed by atoms with Crippen LogP contribution in [0, 0.1) is 0 Å². The molecule has 0 amide bonds. The molecule has 106 valence electrons. The molecule has 1 aromatic rings. The summed E-state index contributed by atoms with van der Waals surface area (Å²) in [4.78, 5) is 4.13. The summed E-state index contributed by atoms with van der Waals surface area (Å²) >= 11 is 5.44. The van der Waals surface area contributed by atoms with E-state index in [1.807, 2.05) is 11.3 Å². The van der Waals surface area contributed by atoms with Gasteiger partial charge in [-0.05, 0) is 28.4 Å². The molecule has 1 N–H and O–H groups in total. The summed E-state index contributed by atoms with van der Waals surface area (Å²) in [7, 11) is 0. The van der Waals surface area contributed by atoms with E-state index in [-0.39, 0.29) is 24.8 Å². The Morgan fingerprint density at radius 3 is 2.56 bits per heavy atom. The Bertz CT molecular complexity index is 330. The van der Waals surface area contributed by atoms with Crippen LogP contribution in [0.5, 0.6) is 0 Å². The van der Waals surface area contributed by atoms with Crippen LogP contribution in [0.3, 0.4) is 0 Å². The van der Waals surface area contributed by atoms with E-state index in [2.05, 4.69) is 44.5 Å². The number of nitrogens with zero attached hydrogens (tertiary/aromatic N) is 1. The average Bonchev–Trinajstić information content (AvgIpc) is 2.74. The van der Waals surface area contributed by atoms with Crippen molar-refractivity contribution in [1.29, 1.82) is 0 Å². The molecule has 0 aromatic carbocycles. The second kappa shape index (κ2) is 9.56. The van der Waals surface area contributed by atoms with Crippen LogP contribution in [-0.4, -0.2) is 31.1 Å². The van der Waals surface area contributed by atoms with Crippen molar-refractivity contribution in [2.75, 3.05) is 26.2 Å². The average molecular weight is 376 g/mol. The molecule has 2 heterocycles. The van der Waals surface area contributed by atoms with Gasteiger partial charge in [-0.2, -0.15) is 0 Å². The molecule has 18 heavy (non-hydrogen) atoms. The molecule has 1 atom stereocenters. The van der Waals surface area contributed by atoms with Gasteiger partial charge in [0, 0.05) is 47.0 Å². The van der Waals surface area contributed by atoms with Crippen LogP contribution in [0.4, 0.5) is 0 Å². The summed E-state index contributed by atoms with van der Waals surface area (Å²) in [6.45, 7) is 6.90. The van der Waals surface area contributed by atoms with Gasteiger partial charge in [-0.3, -0.25) is 4.90 Å². The van der Waals surface area contributed by atoms with E-state index in [0.29, 0.717) is 6.04 Å². The topological polar surface area (TPSA) is 15.3 Å². The number of thiophene rings is 1. The van der Waals surface area contributed by atoms with Crippen LogP contribution >= 0.6 is 52.1 Å².